The summed E-state index contributed by atoms with van der Waals surface area (Å²) in [5, 5.41) is 11.9. The number of hydrogen-bond donors (Lipinski definition) is 1. The second-order valence-electron chi connectivity index (χ2n) is 11.8. The molecule has 0 spiro atoms. The van der Waals surface area contributed by atoms with Crippen molar-refractivity contribution < 1.29 is 9.84 Å². The Morgan fingerprint density at radius 2 is 1.49 bits per heavy atom. The molecule has 2 aliphatic carbocycles. The van der Waals surface area contributed by atoms with Crippen LogP contribution in [0, 0.1) is 25.2 Å². The zero-order valence-electron chi connectivity index (χ0n) is 22.4. The van der Waals surface area contributed by atoms with E-state index >= 15 is 0 Å². The van der Waals surface area contributed by atoms with Gasteiger partial charge in [-0.3, -0.25) is 0 Å². The molecule has 2 heteroatoms. The van der Waals surface area contributed by atoms with Crippen molar-refractivity contribution in [2.75, 3.05) is 6.61 Å². The van der Waals surface area contributed by atoms with Gasteiger partial charge in [-0.15, -0.1) is 0 Å². The molecule has 2 aliphatic rings. The fourth-order valence-electron chi connectivity index (χ4n) is 7.11. The van der Waals surface area contributed by atoms with Gasteiger partial charge in [0.05, 0.1) is 12.2 Å². The minimum Gasteiger partial charge on any atom is -0.493 e. The summed E-state index contributed by atoms with van der Waals surface area (Å²) in [4.78, 5) is 0. The highest BCUT2D eigenvalue weighted by Crippen LogP contribution is 2.46. The molecular formula is C33H48O2. The first-order chi connectivity index (χ1) is 17.0. The van der Waals surface area contributed by atoms with Crippen molar-refractivity contribution in [1.82, 2.24) is 0 Å². The average molecular weight is 477 g/mol. The second kappa shape index (κ2) is 12.4. The van der Waals surface area contributed by atoms with Gasteiger partial charge in [-0.05, 0) is 86.8 Å². The van der Waals surface area contributed by atoms with Gasteiger partial charge in [0.15, 0.2) is 0 Å². The van der Waals surface area contributed by atoms with Gasteiger partial charge in [0.2, 0.25) is 0 Å². The Bertz CT molecular complexity index is 878. The average Bonchev–Trinajstić information content (AvgIpc) is 3.30. The third-order valence-electron chi connectivity index (χ3n) is 9.24. The van der Waals surface area contributed by atoms with E-state index in [0.29, 0.717) is 11.3 Å². The lowest BCUT2D eigenvalue weighted by Crippen LogP contribution is -2.41. The summed E-state index contributed by atoms with van der Waals surface area (Å²) in [5.41, 5.74) is 3.67. The van der Waals surface area contributed by atoms with Gasteiger partial charge in [0, 0.05) is 6.42 Å². The third kappa shape index (κ3) is 7.13. The molecule has 192 valence electrons. The van der Waals surface area contributed by atoms with Gasteiger partial charge >= 0.3 is 0 Å². The largest absolute Gasteiger partial charge is 0.493 e. The zero-order chi connectivity index (χ0) is 24.6. The summed E-state index contributed by atoms with van der Waals surface area (Å²) in [6.07, 6.45) is 18.3. The van der Waals surface area contributed by atoms with Crippen LogP contribution < -0.4 is 4.74 Å². The third-order valence-corrected chi connectivity index (χ3v) is 9.24. The fourth-order valence-corrected chi connectivity index (χ4v) is 7.11. The topological polar surface area (TPSA) is 29.5 Å². The molecule has 4 rings (SSSR count). The van der Waals surface area contributed by atoms with Crippen molar-refractivity contribution in [3.05, 3.63) is 65.2 Å². The highest BCUT2D eigenvalue weighted by Gasteiger charge is 2.38. The Morgan fingerprint density at radius 3 is 2.23 bits per heavy atom. The van der Waals surface area contributed by atoms with E-state index in [0.717, 1.165) is 25.2 Å². The quantitative estimate of drug-likeness (QED) is 0.371. The number of hydrogen-bond acceptors (Lipinski definition) is 2. The molecule has 0 radical (unpaired) electrons. The number of aryl methyl sites for hydroxylation is 2. The number of ether oxygens (including phenoxy) is 1. The molecule has 0 bridgehead atoms. The molecule has 2 nitrogen and oxygen atoms in total. The molecule has 0 aliphatic heterocycles. The van der Waals surface area contributed by atoms with Crippen LogP contribution in [0.1, 0.15) is 107 Å². The SMILES string of the molecule is Cc1cccc(C)c1OCCC1(CCCC2CCCCCCC2(O)Cc2ccccc2)CCCC1. The normalized spacial score (nSPS) is 24.6. The van der Waals surface area contributed by atoms with Crippen molar-refractivity contribution in [3.63, 3.8) is 0 Å². The van der Waals surface area contributed by atoms with E-state index in [-0.39, 0.29) is 0 Å². The van der Waals surface area contributed by atoms with Gasteiger partial charge in [0.1, 0.15) is 5.75 Å². The van der Waals surface area contributed by atoms with Gasteiger partial charge in [-0.25, -0.2) is 0 Å². The van der Waals surface area contributed by atoms with Gasteiger partial charge in [-0.2, -0.15) is 0 Å². The minimum atomic E-state index is -0.546. The maximum Gasteiger partial charge on any atom is 0.125 e. The molecule has 2 atom stereocenters. The van der Waals surface area contributed by atoms with Gasteiger partial charge < -0.3 is 9.84 Å². The predicted molar refractivity (Wildman–Crippen MR) is 147 cm³/mol. The number of para-hydroxylation sites is 1. The summed E-state index contributed by atoms with van der Waals surface area (Å²) >= 11 is 0. The molecule has 2 unspecified atom stereocenters. The van der Waals surface area contributed by atoms with E-state index in [1.54, 1.807) is 0 Å². The summed E-state index contributed by atoms with van der Waals surface area (Å²) in [7, 11) is 0. The Morgan fingerprint density at radius 1 is 0.800 bits per heavy atom. The summed E-state index contributed by atoms with van der Waals surface area (Å²) in [6.45, 7) is 5.13. The predicted octanol–water partition coefficient (Wildman–Crippen LogP) is 8.75. The minimum absolute atomic E-state index is 0.423. The van der Waals surface area contributed by atoms with Crippen LogP contribution in [0.25, 0.3) is 0 Å². The maximum absolute atomic E-state index is 11.9. The van der Waals surface area contributed by atoms with Crippen LogP contribution in [0.4, 0.5) is 0 Å². The highest BCUT2D eigenvalue weighted by atomic mass is 16.5. The first kappa shape index (κ1) is 26.3. The summed E-state index contributed by atoms with van der Waals surface area (Å²) in [5.74, 6) is 1.51. The van der Waals surface area contributed by atoms with Crippen LogP contribution in [-0.2, 0) is 6.42 Å². The Balaban J connectivity index is 1.35. The van der Waals surface area contributed by atoms with Crippen molar-refractivity contribution in [2.24, 2.45) is 11.3 Å². The van der Waals surface area contributed by atoms with Crippen molar-refractivity contribution in [2.45, 2.75) is 116 Å². The van der Waals surface area contributed by atoms with Crippen molar-refractivity contribution in [3.8, 4) is 5.75 Å². The smallest absolute Gasteiger partial charge is 0.125 e. The van der Waals surface area contributed by atoms with E-state index in [4.69, 9.17) is 4.74 Å². The molecule has 1 N–H and O–H groups in total. The summed E-state index contributed by atoms with van der Waals surface area (Å²) < 4.78 is 6.34. The molecule has 0 saturated heterocycles. The highest BCUT2D eigenvalue weighted by molar-refractivity contribution is 5.39. The van der Waals surface area contributed by atoms with Crippen LogP contribution in [0.2, 0.25) is 0 Å². The monoisotopic (exact) mass is 476 g/mol. The Labute approximate surface area is 214 Å². The van der Waals surface area contributed by atoms with E-state index in [1.165, 1.54) is 100 Å². The van der Waals surface area contributed by atoms with Crippen LogP contribution >= 0.6 is 0 Å². The van der Waals surface area contributed by atoms with Gasteiger partial charge in [0.25, 0.3) is 0 Å². The van der Waals surface area contributed by atoms with Gasteiger partial charge in [-0.1, -0.05) is 93.5 Å². The molecule has 2 aromatic carbocycles. The Hall–Kier alpha value is -1.80. The number of benzene rings is 2. The first-order valence-corrected chi connectivity index (χ1v) is 14.5. The molecule has 35 heavy (non-hydrogen) atoms. The van der Waals surface area contributed by atoms with Crippen LogP contribution in [0.5, 0.6) is 5.75 Å². The summed E-state index contributed by atoms with van der Waals surface area (Å²) in [6, 6.07) is 17.1. The van der Waals surface area contributed by atoms with Crippen LogP contribution in [0.3, 0.4) is 0 Å². The molecular weight excluding hydrogens is 428 g/mol. The lowest BCUT2D eigenvalue weighted by atomic mass is 9.71. The molecule has 0 heterocycles. The maximum atomic E-state index is 11.9. The van der Waals surface area contributed by atoms with E-state index in [2.05, 4.69) is 62.4 Å². The van der Waals surface area contributed by atoms with Crippen LogP contribution in [0.15, 0.2) is 48.5 Å². The standard InChI is InChI=1S/C33H48O2/c1-27-14-12-15-28(2)31(27)35-25-24-32(20-10-11-21-32)22-13-19-30-18-8-3-4-9-23-33(30,34)26-29-16-6-5-7-17-29/h5-7,12,14-17,30,34H,3-4,8-11,13,18-26H2,1-2H3. The number of rotatable bonds is 10. The lowest BCUT2D eigenvalue weighted by molar-refractivity contribution is -0.0412. The second-order valence-corrected chi connectivity index (χ2v) is 11.8. The number of aliphatic hydroxyl groups is 1. The Kier molecular flexibility index (Phi) is 9.34. The van der Waals surface area contributed by atoms with Crippen molar-refractivity contribution >= 4 is 0 Å². The van der Waals surface area contributed by atoms with E-state index in [9.17, 15) is 5.11 Å². The molecule has 0 amide bonds. The van der Waals surface area contributed by atoms with Crippen molar-refractivity contribution in [1.29, 1.82) is 0 Å². The van der Waals surface area contributed by atoms with Crippen LogP contribution in [-0.4, -0.2) is 17.3 Å². The van der Waals surface area contributed by atoms with E-state index < -0.39 is 5.60 Å². The fraction of sp³-hybridized carbons (Fsp3) is 0.636. The molecule has 2 fully saturated rings. The molecule has 0 aromatic heterocycles. The first-order valence-electron chi connectivity index (χ1n) is 14.5. The molecule has 2 saturated carbocycles. The lowest BCUT2D eigenvalue weighted by Gasteiger charge is -2.39. The zero-order valence-corrected chi connectivity index (χ0v) is 22.4. The molecule has 2 aromatic rings. The van der Waals surface area contributed by atoms with E-state index in [1.807, 2.05) is 0 Å².